The number of imidazole rings is 1. The molecule has 3 aromatic rings. The lowest BCUT2D eigenvalue weighted by molar-refractivity contribution is 0.391. The van der Waals surface area contributed by atoms with Gasteiger partial charge in [-0.1, -0.05) is 12.1 Å². The lowest BCUT2D eigenvalue weighted by Crippen LogP contribution is -1.87. The van der Waals surface area contributed by atoms with Gasteiger partial charge in [0.05, 0.1) is 18.1 Å². The summed E-state index contributed by atoms with van der Waals surface area (Å²) in [5.41, 5.74) is 1.90. The normalized spacial score (nSPS) is 11.2. The highest BCUT2D eigenvalue weighted by atomic mass is 16.5. The minimum absolute atomic E-state index is 0.558. The molecular weight excluding hydrogens is 180 g/mol. The first kappa shape index (κ1) is 7.44. The lowest BCUT2D eigenvalue weighted by atomic mass is 10.3. The number of aromatic nitrogens is 2. The number of para-hydroxylation sites is 2. The molecule has 0 N–H and O–H groups in total. The predicted molar refractivity (Wildman–Crippen MR) is 51.5 cm³/mol. The van der Waals surface area contributed by atoms with Gasteiger partial charge in [0.25, 0.3) is 0 Å². The molecule has 0 fully saturated rings. The van der Waals surface area contributed by atoms with Gasteiger partial charge in [-0.15, -0.1) is 0 Å². The van der Waals surface area contributed by atoms with Gasteiger partial charge in [-0.25, -0.2) is 4.40 Å². The number of nitrogens with zero attached hydrogens (tertiary/aromatic N) is 2. The minimum Gasteiger partial charge on any atom is -0.480 e. The van der Waals surface area contributed by atoms with E-state index in [2.05, 4.69) is 4.98 Å². The monoisotopic (exact) mass is 188 g/mol. The Hall–Kier alpha value is -1.97. The van der Waals surface area contributed by atoms with Gasteiger partial charge in [0.2, 0.25) is 5.88 Å². The highest BCUT2D eigenvalue weighted by Crippen LogP contribution is 2.23. The van der Waals surface area contributed by atoms with E-state index in [1.54, 1.807) is 13.4 Å². The Labute approximate surface area is 79.7 Å². The molecule has 4 heteroatoms. The molecule has 14 heavy (non-hydrogen) atoms. The first-order chi connectivity index (χ1) is 6.90. The molecule has 1 aromatic carbocycles. The van der Waals surface area contributed by atoms with Gasteiger partial charge in [0.15, 0.2) is 6.26 Å². The molecule has 2 heterocycles. The molecule has 0 unspecified atom stereocenters. The summed E-state index contributed by atoms with van der Waals surface area (Å²) in [5.74, 6) is 1.22. The van der Waals surface area contributed by atoms with E-state index in [0.717, 1.165) is 11.0 Å². The third-order valence-electron chi connectivity index (χ3n) is 2.22. The van der Waals surface area contributed by atoms with Gasteiger partial charge >= 0.3 is 5.84 Å². The van der Waals surface area contributed by atoms with E-state index >= 15 is 0 Å². The molecule has 0 aliphatic rings. The van der Waals surface area contributed by atoms with Gasteiger partial charge in [0, 0.05) is 0 Å². The summed E-state index contributed by atoms with van der Waals surface area (Å²) in [5, 5.41) is 0. The smallest absolute Gasteiger partial charge is 0.309 e. The average Bonchev–Trinajstić information content (AvgIpc) is 2.75. The zero-order valence-corrected chi connectivity index (χ0v) is 7.60. The Kier molecular flexibility index (Phi) is 1.33. The summed E-state index contributed by atoms with van der Waals surface area (Å²) in [4.78, 5) is 4.30. The van der Waals surface area contributed by atoms with Gasteiger partial charge in [-0.05, 0) is 12.1 Å². The second kappa shape index (κ2) is 2.51. The van der Waals surface area contributed by atoms with Crippen molar-refractivity contribution >= 4 is 16.9 Å². The fourth-order valence-electron chi connectivity index (χ4n) is 1.59. The van der Waals surface area contributed by atoms with Crippen LogP contribution < -0.4 is 4.74 Å². The second-order valence-corrected chi connectivity index (χ2v) is 3.00. The van der Waals surface area contributed by atoms with Crippen LogP contribution in [0.5, 0.6) is 5.88 Å². The molecule has 0 atom stereocenters. The fourth-order valence-corrected chi connectivity index (χ4v) is 1.59. The Morgan fingerprint density at radius 1 is 1.36 bits per heavy atom. The first-order valence-electron chi connectivity index (χ1n) is 4.29. The topological polar surface area (TPSA) is 39.7 Å². The van der Waals surface area contributed by atoms with Crippen molar-refractivity contribution in [2.75, 3.05) is 7.11 Å². The number of hydrogen-bond donors (Lipinski definition) is 0. The van der Waals surface area contributed by atoms with Crippen molar-refractivity contribution in [2.45, 2.75) is 0 Å². The van der Waals surface area contributed by atoms with Gasteiger partial charge in [-0.3, -0.25) is 0 Å². The van der Waals surface area contributed by atoms with Crippen LogP contribution in [0.2, 0.25) is 0 Å². The van der Waals surface area contributed by atoms with Crippen LogP contribution in [0.15, 0.2) is 34.9 Å². The van der Waals surface area contributed by atoms with Crippen LogP contribution in [0.3, 0.4) is 0 Å². The van der Waals surface area contributed by atoms with E-state index in [4.69, 9.17) is 9.15 Å². The Bertz CT molecular complexity index is 594. The average molecular weight is 188 g/mol. The summed E-state index contributed by atoms with van der Waals surface area (Å²) in [7, 11) is 1.61. The zero-order valence-electron chi connectivity index (χ0n) is 7.60. The van der Waals surface area contributed by atoms with Crippen molar-refractivity contribution in [1.29, 1.82) is 0 Å². The zero-order chi connectivity index (χ0) is 9.54. The molecule has 70 valence electrons. The quantitative estimate of drug-likeness (QED) is 0.587. The van der Waals surface area contributed by atoms with Gasteiger partial charge in [-0.2, -0.15) is 4.98 Å². The molecule has 0 amide bonds. The molecule has 0 saturated heterocycles. The molecule has 0 radical (unpaired) electrons. The number of hydrogen-bond acceptors (Lipinski definition) is 3. The highest BCUT2D eigenvalue weighted by Gasteiger charge is 2.10. The molecule has 0 aliphatic carbocycles. The molecule has 0 saturated carbocycles. The largest absolute Gasteiger partial charge is 0.480 e. The van der Waals surface area contributed by atoms with Crippen LogP contribution in [-0.2, 0) is 0 Å². The van der Waals surface area contributed by atoms with Crippen molar-refractivity contribution in [3.8, 4) is 5.88 Å². The second-order valence-electron chi connectivity index (χ2n) is 3.00. The van der Waals surface area contributed by atoms with E-state index in [-0.39, 0.29) is 0 Å². The summed E-state index contributed by atoms with van der Waals surface area (Å²) in [6.07, 6.45) is 1.55. The van der Waals surface area contributed by atoms with Crippen LogP contribution in [0.25, 0.3) is 16.9 Å². The number of fused-ring (bicyclic) bond motifs is 3. The Balaban J connectivity index is 2.54. The summed E-state index contributed by atoms with van der Waals surface area (Å²) in [6, 6.07) is 7.83. The number of ether oxygens (including phenoxy) is 1. The van der Waals surface area contributed by atoms with Gasteiger partial charge < -0.3 is 9.15 Å². The molecule has 0 bridgehead atoms. The molecule has 0 aliphatic heterocycles. The number of benzene rings is 1. The number of methoxy groups -OCH3 is 1. The summed E-state index contributed by atoms with van der Waals surface area (Å²) < 4.78 is 12.3. The van der Waals surface area contributed by atoms with Crippen LogP contribution in [-0.4, -0.2) is 16.5 Å². The Morgan fingerprint density at radius 2 is 2.21 bits per heavy atom. The van der Waals surface area contributed by atoms with Crippen molar-refractivity contribution in [1.82, 2.24) is 9.38 Å². The molecule has 2 aromatic heterocycles. The van der Waals surface area contributed by atoms with E-state index in [1.807, 2.05) is 28.7 Å². The van der Waals surface area contributed by atoms with E-state index in [1.165, 1.54) is 0 Å². The number of oxazole rings is 1. The maximum absolute atomic E-state index is 5.25. The third-order valence-corrected chi connectivity index (χ3v) is 2.22. The minimum atomic E-state index is 0.558. The molecular formula is C10H8N2O2. The number of rotatable bonds is 1. The molecule has 4 nitrogen and oxygen atoms in total. The van der Waals surface area contributed by atoms with E-state index in [0.29, 0.717) is 11.7 Å². The van der Waals surface area contributed by atoms with E-state index in [9.17, 15) is 0 Å². The van der Waals surface area contributed by atoms with E-state index < -0.39 is 0 Å². The van der Waals surface area contributed by atoms with Crippen LogP contribution in [0.1, 0.15) is 0 Å². The Morgan fingerprint density at radius 3 is 3.07 bits per heavy atom. The SMILES string of the molecule is COc1coc2nc3ccccc3n12. The predicted octanol–water partition coefficient (Wildman–Crippen LogP) is 2.09. The van der Waals surface area contributed by atoms with Gasteiger partial charge in [0.1, 0.15) is 0 Å². The lowest BCUT2D eigenvalue weighted by Gasteiger charge is -1.94. The van der Waals surface area contributed by atoms with Crippen LogP contribution >= 0.6 is 0 Å². The van der Waals surface area contributed by atoms with Crippen molar-refractivity contribution in [3.05, 3.63) is 30.5 Å². The standard InChI is InChI=1S/C10H8N2O2/c1-13-9-6-14-10-11-7-4-2-3-5-8(7)12(9)10/h2-6H,1H3. The fraction of sp³-hybridized carbons (Fsp3) is 0.100. The molecule has 3 rings (SSSR count). The molecule has 0 spiro atoms. The summed E-state index contributed by atoms with van der Waals surface area (Å²) in [6.45, 7) is 0. The summed E-state index contributed by atoms with van der Waals surface area (Å²) >= 11 is 0. The maximum Gasteiger partial charge on any atom is 0.309 e. The van der Waals surface area contributed by atoms with Crippen molar-refractivity contribution in [2.24, 2.45) is 0 Å². The van der Waals surface area contributed by atoms with Crippen molar-refractivity contribution in [3.63, 3.8) is 0 Å². The third kappa shape index (κ3) is 0.797. The van der Waals surface area contributed by atoms with Crippen LogP contribution in [0, 0.1) is 0 Å². The van der Waals surface area contributed by atoms with Crippen LogP contribution in [0.4, 0.5) is 0 Å². The van der Waals surface area contributed by atoms with Crippen molar-refractivity contribution < 1.29 is 9.15 Å². The maximum atomic E-state index is 5.25. The first-order valence-corrected chi connectivity index (χ1v) is 4.29. The highest BCUT2D eigenvalue weighted by molar-refractivity contribution is 5.79.